The SMILES string of the molecule is CCNC(CC)CC(N)=NO. The molecule has 0 aromatic rings. The molecule has 11 heavy (non-hydrogen) atoms. The third-order valence-corrected chi connectivity index (χ3v) is 1.57. The van der Waals surface area contributed by atoms with E-state index >= 15 is 0 Å². The van der Waals surface area contributed by atoms with Gasteiger partial charge in [0.05, 0.1) is 0 Å². The minimum atomic E-state index is 0.290. The molecule has 66 valence electrons. The van der Waals surface area contributed by atoms with Crippen molar-refractivity contribution in [2.75, 3.05) is 6.54 Å². The summed E-state index contributed by atoms with van der Waals surface area (Å²) in [6.07, 6.45) is 1.60. The van der Waals surface area contributed by atoms with Gasteiger partial charge in [0.15, 0.2) is 0 Å². The fourth-order valence-corrected chi connectivity index (χ4v) is 0.943. The average molecular weight is 159 g/mol. The molecule has 4 heteroatoms. The first-order valence-corrected chi connectivity index (χ1v) is 3.94. The smallest absolute Gasteiger partial charge is 0.140 e. The maximum atomic E-state index is 8.28. The number of nitrogens with zero attached hydrogens (tertiary/aromatic N) is 1. The van der Waals surface area contributed by atoms with Gasteiger partial charge in [-0.25, -0.2) is 0 Å². The molecule has 0 saturated carbocycles. The second-order valence-corrected chi connectivity index (χ2v) is 2.46. The Balaban J connectivity index is 3.68. The van der Waals surface area contributed by atoms with E-state index in [2.05, 4.69) is 17.4 Å². The van der Waals surface area contributed by atoms with Crippen LogP contribution in [0.15, 0.2) is 5.16 Å². The van der Waals surface area contributed by atoms with Crippen LogP contribution in [-0.2, 0) is 0 Å². The van der Waals surface area contributed by atoms with Gasteiger partial charge in [-0.05, 0) is 13.0 Å². The van der Waals surface area contributed by atoms with Crippen molar-refractivity contribution >= 4 is 5.84 Å². The number of hydrogen-bond donors (Lipinski definition) is 3. The highest BCUT2D eigenvalue weighted by molar-refractivity contribution is 5.80. The molecule has 0 heterocycles. The maximum absolute atomic E-state index is 8.28. The molecule has 0 saturated heterocycles. The summed E-state index contributed by atoms with van der Waals surface area (Å²) in [5, 5.41) is 14.4. The van der Waals surface area contributed by atoms with Crippen LogP contribution >= 0.6 is 0 Å². The molecule has 0 fully saturated rings. The Morgan fingerprint density at radius 2 is 2.27 bits per heavy atom. The molecule has 0 aromatic carbocycles. The summed E-state index contributed by atoms with van der Waals surface area (Å²) in [7, 11) is 0. The topological polar surface area (TPSA) is 70.6 Å². The van der Waals surface area contributed by atoms with Crippen LogP contribution in [0.2, 0.25) is 0 Å². The Bertz CT molecular complexity index is 125. The molecule has 4 N–H and O–H groups in total. The van der Waals surface area contributed by atoms with Crippen LogP contribution in [0.4, 0.5) is 0 Å². The summed E-state index contributed by atoms with van der Waals surface area (Å²) in [6, 6.07) is 0.330. The van der Waals surface area contributed by atoms with E-state index in [4.69, 9.17) is 10.9 Å². The van der Waals surface area contributed by atoms with Crippen LogP contribution in [-0.4, -0.2) is 23.6 Å². The van der Waals surface area contributed by atoms with Gasteiger partial charge in [0.25, 0.3) is 0 Å². The van der Waals surface area contributed by atoms with Gasteiger partial charge in [-0.2, -0.15) is 0 Å². The van der Waals surface area contributed by atoms with Crippen LogP contribution < -0.4 is 11.1 Å². The van der Waals surface area contributed by atoms with Crippen molar-refractivity contribution in [1.82, 2.24) is 5.32 Å². The lowest BCUT2D eigenvalue weighted by molar-refractivity contribution is 0.315. The highest BCUT2D eigenvalue weighted by Crippen LogP contribution is 1.96. The molecule has 0 bridgehead atoms. The van der Waals surface area contributed by atoms with E-state index in [1.807, 2.05) is 6.92 Å². The molecule has 0 aliphatic heterocycles. The van der Waals surface area contributed by atoms with Crippen molar-refractivity contribution in [3.63, 3.8) is 0 Å². The van der Waals surface area contributed by atoms with E-state index in [0.29, 0.717) is 12.5 Å². The zero-order valence-electron chi connectivity index (χ0n) is 7.17. The third-order valence-electron chi connectivity index (χ3n) is 1.57. The first kappa shape index (κ1) is 10.2. The monoisotopic (exact) mass is 159 g/mol. The highest BCUT2D eigenvalue weighted by atomic mass is 16.4. The Hall–Kier alpha value is -0.770. The minimum Gasteiger partial charge on any atom is -0.409 e. The minimum absolute atomic E-state index is 0.290. The van der Waals surface area contributed by atoms with Crippen LogP contribution in [0.25, 0.3) is 0 Å². The quantitative estimate of drug-likeness (QED) is 0.237. The number of oxime groups is 1. The predicted octanol–water partition coefficient (Wildman–Crippen LogP) is 0.511. The average Bonchev–Trinajstić information content (AvgIpc) is 2.03. The molecular formula is C7H17N3O. The summed E-state index contributed by atoms with van der Waals surface area (Å²) >= 11 is 0. The zero-order chi connectivity index (χ0) is 8.69. The van der Waals surface area contributed by atoms with E-state index in [1.165, 1.54) is 0 Å². The number of hydrogen-bond acceptors (Lipinski definition) is 3. The van der Waals surface area contributed by atoms with Gasteiger partial charge in [0, 0.05) is 12.5 Å². The fourth-order valence-electron chi connectivity index (χ4n) is 0.943. The van der Waals surface area contributed by atoms with Crippen molar-refractivity contribution < 1.29 is 5.21 Å². The zero-order valence-corrected chi connectivity index (χ0v) is 7.17. The number of nitrogens with one attached hydrogen (secondary N) is 1. The summed E-state index contributed by atoms with van der Waals surface area (Å²) in [5.74, 6) is 0.290. The summed E-state index contributed by atoms with van der Waals surface area (Å²) in [4.78, 5) is 0. The normalized spacial score (nSPS) is 14.9. The van der Waals surface area contributed by atoms with Gasteiger partial charge in [-0.1, -0.05) is 19.0 Å². The predicted molar refractivity (Wildman–Crippen MR) is 45.8 cm³/mol. The summed E-state index contributed by atoms with van der Waals surface area (Å²) < 4.78 is 0. The lowest BCUT2D eigenvalue weighted by Crippen LogP contribution is -2.32. The van der Waals surface area contributed by atoms with Crippen molar-refractivity contribution in [3.8, 4) is 0 Å². The van der Waals surface area contributed by atoms with Gasteiger partial charge >= 0.3 is 0 Å². The molecule has 0 amide bonds. The van der Waals surface area contributed by atoms with E-state index in [0.717, 1.165) is 13.0 Å². The van der Waals surface area contributed by atoms with Gasteiger partial charge in [0.2, 0.25) is 0 Å². The van der Waals surface area contributed by atoms with Gasteiger partial charge in [-0.15, -0.1) is 0 Å². The first-order valence-electron chi connectivity index (χ1n) is 3.94. The van der Waals surface area contributed by atoms with Gasteiger partial charge < -0.3 is 16.3 Å². The van der Waals surface area contributed by atoms with Gasteiger partial charge in [-0.3, -0.25) is 0 Å². The largest absolute Gasteiger partial charge is 0.409 e. The molecule has 0 spiro atoms. The van der Waals surface area contributed by atoms with E-state index in [1.54, 1.807) is 0 Å². The summed E-state index contributed by atoms with van der Waals surface area (Å²) in [5.41, 5.74) is 5.34. The molecule has 0 radical (unpaired) electrons. The lowest BCUT2D eigenvalue weighted by atomic mass is 10.1. The highest BCUT2D eigenvalue weighted by Gasteiger charge is 2.05. The maximum Gasteiger partial charge on any atom is 0.140 e. The Labute approximate surface area is 67.5 Å². The first-order chi connectivity index (χ1) is 5.24. The molecule has 1 atom stereocenters. The molecule has 1 unspecified atom stereocenters. The van der Waals surface area contributed by atoms with E-state index in [9.17, 15) is 0 Å². The Morgan fingerprint density at radius 1 is 1.64 bits per heavy atom. The molecule has 0 aliphatic rings. The second kappa shape index (κ2) is 5.97. The van der Waals surface area contributed by atoms with E-state index < -0.39 is 0 Å². The van der Waals surface area contributed by atoms with Crippen LogP contribution in [0.1, 0.15) is 26.7 Å². The fraction of sp³-hybridized carbons (Fsp3) is 0.857. The third kappa shape index (κ3) is 4.61. The van der Waals surface area contributed by atoms with Crippen molar-refractivity contribution in [3.05, 3.63) is 0 Å². The number of nitrogens with two attached hydrogens (primary N) is 1. The van der Waals surface area contributed by atoms with Crippen molar-refractivity contribution in [2.45, 2.75) is 32.7 Å². The van der Waals surface area contributed by atoms with Crippen LogP contribution in [0.5, 0.6) is 0 Å². The molecule has 0 aromatic heterocycles. The number of amidine groups is 1. The molecule has 0 aliphatic carbocycles. The number of rotatable bonds is 5. The van der Waals surface area contributed by atoms with Crippen LogP contribution in [0, 0.1) is 0 Å². The van der Waals surface area contributed by atoms with Gasteiger partial charge in [0.1, 0.15) is 5.84 Å². The Morgan fingerprint density at radius 3 is 2.64 bits per heavy atom. The standard InChI is InChI=1S/C7H17N3O/c1-3-6(9-4-2)5-7(8)10-11/h6,9,11H,3-5H2,1-2H3,(H2,8,10). The summed E-state index contributed by atoms with van der Waals surface area (Å²) in [6.45, 7) is 5.02. The second-order valence-electron chi connectivity index (χ2n) is 2.46. The van der Waals surface area contributed by atoms with Crippen molar-refractivity contribution in [2.24, 2.45) is 10.9 Å². The Kier molecular flexibility index (Phi) is 5.56. The molecular weight excluding hydrogens is 142 g/mol. The molecule has 4 nitrogen and oxygen atoms in total. The van der Waals surface area contributed by atoms with E-state index in [-0.39, 0.29) is 5.84 Å². The molecule has 0 rings (SSSR count). The lowest BCUT2D eigenvalue weighted by Gasteiger charge is -2.13. The van der Waals surface area contributed by atoms with Crippen LogP contribution in [0.3, 0.4) is 0 Å². The van der Waals surface area contributed by atoms with Crippen molar-refractivity contribution in [1.29, 1.82) is 0 Å².